The van der Waals surface area contributed by atoms with Gasteiger partial charge in [0.2, 0.25) is 0 Å². The van der Waals surface area contributed by atoms with Crippen molar-refractivity contribution >= 4 is 40.4 Å². The number of benzene rings is 1. The van der Waals surface area contributed by atoms with Gasteiger partial charge in [0.25, 0.3) is 0 Å². The van der Waals surface area contributed by atoms with Crippen LogP contribution in [0.3, 0.4) is 0 Å². The number of fused-ring (bicyclic) bond motifs is 7. The number of hydrogen-bond donors (Lipinski definition) is 0. The summed E-state index contributed by atoms with van der Waals surface area (Å²) < 4.78 is 6.75. The Morgan fingerprint density at radius 3 is 2.38 bits per heavy atom. The van der Waals surface area contributed by atoms with Gasteiger partial charge in [0, 0.05) is 8.99 Å². The van der Waals surface area contributed by atoms with Gasteiger partial charge < -0.3 is 4.74 Å². The zero-order valence-electron chi connectivity index (χ0n) is 26.9. The zero-order valence-corrected chi connectivity index (χ0v) is 29.1. The minimum atomic E-state index is -0.372. The molecule has 0 spiro atoms. The lowest BCUT2D eigenvalue weighted by Crippen LogP contribution is -2.67. The second-order valence-corrected chi connectivity index (χ2v) is 17.5. The van der Waals surface area contributed by atoms with E-state index in [0.717, 1.165) is 56.1 Å². The predicted molar refractivity (Wildman–Crippen MR) is 179 cm³/mol. The molecule has 0 radical (unpaired) electrons. The third-order valence-corrected chi connectivity index (χ3v) is 15.1. The Morgan fingerprint density at radius 1 is 0.976 bits per heavy atom. The number of hydrogen-bond acceptors (Lipinski definition) is 3. The molecule has 0 bridgehead atoms. The molecule has 0 aromatic heterocycles. The van der Waals surface area contributed by atoms with Gasteiger partial charge >= 0.3 is 5.97 Å². The van der Waals surface area contributed by atoms with E-state index in [1.54, 1.807) is 7.11 Å². The summed E-state index contributed by atoms with van der Waals surface area (Å²) in [6.45, 7) is 18.9. The van der Waals surface area contributed by atoms with Gasteiger partial charge in [-0.15, -0.1) is 0 Å². The van der Waals surface area contributed by atoms with Gasteiger partial charge in [-0.3, -0.25) is 9.59 Å². The summed E-state index contributed by atoms with van der Waals surface area (Å²) in [5.74, 6) is 2.53. The highest BCUT2D eigenvalue weighted by Gasteiger charge is 2.72. The van der Waals surface area contributed by atoms with E-state index in [9.17, 15) is 9.59 Å². The quantitative estimate of drug-likeness (QED) is 0.138. The van der Waals surface area contributed by atoms with Crippen LogP contribution in [0.1, 0.15) is 105 Å². The molecule has 42 heavy (non-hydrogen) atoms. The highest BCUT2D eigenvalue weighted by atomic mass is 127. The molecule has 6 rings (SSSR count). The van der Waals surface area contributed by atoms with Crippen molar-refractivity contribution < 1.29 is 14.3 Å². The molecule has 5 aliphatic carbocycles. The molecular formula is C38H51IO3. The van der Waals surface area contributed by atoms with E-state index >= 15 is 0 Å². The van der Waals surface area contributed by atoms with E-state index in [2.05, 4.69) is 101 Å². The maximum Gasteiger partial charge on any atom is 0.312 e. The lowest BCUT2D eigenvalue weighted by atomic mass is 9.32. The summed E-state index contributed by atoms with van der Waals surface area (Å²) in [7, 11) is 1.59. The van der Waals surface area contributed by atoms with E-state index in [1.807, 2.05) is 0 Å². The van der Waals surface area contributed by atoms with Crippen molar-refractivity contribution in [2.24, 2.45) is 56.7 Å². The Morgan fingerprint density at radius 2 is 1.71 bits per heavy atom. The second kappa shape index (κ2) is 10.0. The van der Waals surface area contributed by atoms with Gasteiger partial charge in [0.15, 0.2) is 5.78 Å². The van der Waals surface area contributed by atoms with E-state index in [1.165, 1.54) is 22.0 Å². The predicted octanol–water partition coefficient (Wildman–Crippen LogP) is 9.68. The molecule has 1 aromatic rings. The van der Waals surface area contributed by atoms with Crippen LogP contribution in [-0.2, 0) is 14.3 Å². The third-order valence-electron chi connectivity index (χ3n) is 14.4. The Labute approximate surface area is 267 Å². The van der Waals surface area contributed by atoms with Crippen LogP contribution in [-0.4, -0.2) is 18.9 Å². The average molecular weight is 683 g/mol. The van der Waals surface area contributed by atoms with Crippen LogP contribution in [0.25, 0.3) is 6.08 Å². The highest BCUT2D eigenvalue weighted by Crippen LogP contribution is 2.77. The minimum Gasteiger partial charge on any atom is -0.469 e. The minimum absolute atomic E-state index is 0.0270. The van der Waals surface area contributed by atoms with Crippen molar-refractivity contribution in [3.8, 4) is 0 Å². The van der Waals surface area contributed by atoms with Gasteiger partial charge in [0.05, 0.1) is 12.5 Å². The van der Waals surface area contributed by atoms with Gasteiger partial charge in [-0.05, 0) is 162 Å². The molecule has 3 nitrogen and oxygen atoms in total. The zero-order chi connectivity index (χ0) is 30.5. The Kier molecular flexibility index (Phi) is 7.31. The number of rotatable bonds is 3. The number of carbonyl (C=O) groups is 2. The number of ether oxygens (including phenoxy) is 1. The Hall–Kier alpha value is -1.43. The van der Waals surface area contributed by atoms with Gasteiger partial charge in [0.1, 0.15) is 0 Å². The van der Waals surface area contributed by atoms with Crippen LogP contribution in [0, 0.1) is 60.2 Å². The van der Waals surface area contributed by atoms with Crippen LogP contribution in [0.5, 0.6) is 0 Å². The van der Waals surface area contributed by atoms with Crippen molar-refractivity contribution in [2.45, 2.75) is 99.3 Å². The topological polar surface area (TPSA) is 43.4 Å². The number of halogens is 1. The van der Waals surface area contributed by atoms with Crippen LogP contribution in [0.2, 0.25) is 0 Å². The molecule has 5 saturated carbocycles. The van der Waals surface area contributed by atoms with E-state index < -0.39 is 0 Å². The molecule has 9 atom stereocenters. The van der Waals surface area contributed by atoms with Crippen LogP contribution in [0.15, 0.2) is 42.0 Å². The summed E-state index contributed by atoms with van der Waals surface area (Å²) in [6.07, 6.45) is 11.7. The van der Waals surface area contributed by atoms with Gasteiger partial charge in [-0.25, -0.2) is 0 Å². The maximum atomic E-state index is 14.1. The fraction of sp³-hybridized carbons (Fsp3) is 0.684. The first kappa shape index (κ1) is 30.6. The highest BCUT2D eigenvalue weighted by molar-refractivity contribution is 14.1. The van der Waals surface area contributed by atoms with E-state index in [-0.39, 0.29) is 33.0 Å². The van der Waals surface area contributed by atoms with Gasteiger partial charge in [-0.2, -0.15) is 0 Å². The van der Waals surface area contributed by atoms with Crippen molar-refractivity contribution in [3.05, 3.63) is 51.1 Å². The lowest BCUT2D eigenvalue weighted by Gasteiger charge is -2.72. The molecule has 5 aliphatic rings. The van der Waals surface area contributed by atoms with Crippen molar-refractivity contribution in [3.63, 3.8) is 0 Å². The summed E-state index contributed by atoms with van der Waals surface area (Å²) in [6, 6.07) is 8.53. The Balaban J connectivity index is 1.42. The smallest absolute Gasteiger partial charge is 0.312 e. The van der Waals surface area contributed by atoms with Crippen molar-refractivity contribution in [1.82, 2.24) is 0 Å². The molecule has 5 fully saturated rings. The number of allylic oxidation sites excluding steroid dienone is 2. The molecule has 0 N–H and O–H groups in total. The monoisotopic (exact) mass is 682 g/mol. The summed E-state index contributed by atoms with van der Waals surface area (Å²) >= 11 is 2.36. The third kappa shape index (κ3) is 4.01. The fourth-order valence-corrected chi connectivity index (χ4v) is 13.0. The summed E-state index contributed by atoms with van der Waals surface area (Å²) in [5, 5.41) is 0. The molecular weight excluding hydrogens is 631 g/mol. The molecule has 0 amide bonds. The molecule has 1 aromatic carbocycles. The first-order valence-electron chi connectivity index (χ1n) is 16.4. The summed E-state index contributed by atoms with van der Waals surface area (Å²) in [5.41, 5.74) is 3.05. The SMILES string of the molecule is C=C(C)[C@@H]1CC[C@]2(C(=O)OC)CC[C@]3(C)[C@H](CC[C@@H]4[C@@]5(C)C/C(=C/c6cccc(I)c6)C(=O)C(C)(C)[C@@H]5CC[C@]43C)[C@H]12. The largest absolute Gasteiger partial charge is 0.469 e. The van der Waals surface area contributed by atoms with Gasteiger partial charge in [-0.1, -0.05) is 58.9 Å². The molecule has 228 valence electrons. The second-order valence-electron chi connectivity index (χ2n) is 16.3. The molecule has 0 heterocycles. The number of methoxy groups -OCH3 is 1. The Bertz CT molecular complexity index is 1360. The number of esters is 1. The number of ketones is 1. The number of Topliss-reactive ketones (excluding diaryl/α,β-unsaturated/α-hetero) is 1. The van der Waals surface area contributed by atoms with Crippen LogP contribution in [0.4, 0.5) is 0 Å². The van der Waals surface area contributed by atoms with Crippen LogP contribution < -0.4 is 0 Å². The lowest BCUT2D eigenvalue weighted by molar-refractivity contribution is -0.232. The molecule has 0 unspecified atom stereocenters. The van der Waals surface area contributed by atoms with Crippen molar-refractivity contribution in [2.75, 3.05) is 7.11 Å². The molecule has 4 heteroatoms. The first-order chi connectivity index (χ1) is 19.7. The maximum absolute atomic E-state index is 14.1. The number of carbonyl (C=O) groups excluding carboxylic acids is 2. The van der Waals surface area contributed by atoms with Crippen LogP contribution >= 0.6 is 22.6 Å². The first-order valence-corrected chi connectivity index (χ1v) is 17.5. The summed E-state index contributed by atoms with van der Waals surface area (Å²) in [4.78, 5) is 27.6. The normalized spacial score (nSPS) is 44.9. The van der Waals surface area contributed by atoms with Crippen molar-refractivity contribution in [1.29, 1.82) is 0 Å². The standard InChI is InChI=1S/C38H51IO3/c1-23(2)27-14-17-38(33(41)42-8)19-18-36(6)28(31(27)38)12-13-30-35(5)22-25(20-24-10-9-11-26(39)21-24)32(40)34(3,4)29(35)15-16-37(30,36)7/h9-11,20-21,27-31H,1,12-19,22H2,2-8H3/b25-20-/t27-,28+,29-,30+,31-,35-,36+,37+,38-/m0/s1. The molecule has 0 saturated heterocycles. The molecule has 0 aliphatic heterocycles. The fourth-order valence-electron chi connectivity index (χ4n) is 12.5. The average Bonchev–Trinajstić information content (AvgIpc) is 3.33. The van der Waals surface area contributed by atoms with E-state index in [4.69, 9.17) is 4.74 Å². The van der Waals surface area contributed by atoms with E-state index in [0.29, 0.717) is 35.4 Å².